The van der Waals surface area contributed by atoms with E-state index in [-0.39, 0.29) is 17.4 Å². The van der Waals surface area contributed by atoms with E-state index in [0.717, 1.165) is 21.9 Å². The van der Waals surface area contributed by atoms with E-state index in [1.807, 2.05) is 0 Å². The fourth-order valence-electron chi connectivity index (χ4n) is 1.00. The van der Waals surface area contributed by atoms with Gasteiger partial charge in [-0.05, 0) is 6.92 Å². The molecule has 0 spiro atoms. The van der Waals surface area contributed by atoms with E-state index in [1.165, 1.54) is 5.38 Å². The van der Waals surface area contributed by atoms with Crippen LogP contribution in [-0.4, -0.2) is 32.1 Å². The van der Waals surface area contributed by atoms with Crippen molar-refractivity contribution in [2.75, 3.05) is 17.1 Å². The second kappa shape index (κ2) is 4.15. The Labute approximate surface area is 91.8 Å². The van der Waals surface area contributed by atoms with E-state index < -0.39 is 15.9 Å². The van der Waals surface area contributed by atoms with Gasteiger partial charge in [0.1, 0.15) is 5.69 Å². The molecular formula is C7H11N3O3S2. The maximum atomic E-state index is 11.3. The number of amides is 1. The van der Waals surface area contributed by atoms with Gasteiger partial charge in [-0.3, -0.25) is 4.79 Å². The smallest absolute Gasteiger partial charge is 0.268 e. The lowest BCUT2D eigenvalue weighted by Gasteiger charge is -2.16. The van der Waals surface area contributed by atoms with Crippen molar-refractivity contribution in [1.29, 1.82) is 0 Å². The molecule has 0 radical (unpaired) electrons. The zero-order valence-electron chi connectivity index (χ0n) is 8.30. The quantitative estimate of drug-likeness (QED) is 0.814. The van der Waals surface area contributed by atoms with Crippen LogP contribution in [0.4, 0.5) is 5.13 Å². The van der Waals surface area contributed by atoms with Crippen LogP contribution < -0.4 is 10.0 Å². The summed E-state index contributed by atoms with van der Waals surface area (Å²) >= 11 is 1.07. The molecule has 0 atom stereocenters. The summed E-state index contributed by atoms with van der Waals surface area (Å²) in [6, 6.07) is 0. The Morgan fingerprint density at radius 3 is 2.60 bits per heavy atom. The minimum absolute atomic E-state index is 0.0806. The normalized spacial score (nSPS) is 11.3. The van der Waals surface area contributed by atoms with Crippen molar-refractivity contribution in [3.05, 3.63) is 11.1 Å². The van der Waals surface area contributed by atoms with Gasteiger partial charge in [0, 0.05) is 11.9 Å². The van der Waals surface area contributed by atoms with Crippen LogP contribution in [0.3, 0.4) is 0 Å². The Hall–Kier alpha value is -1.15. The third kappa shape index (κ3) is 2.66. The van der Waals surface area contributed by atoms with E-state index in [1.54, 1.807) is 6.92 Å². The van der Waals surface area contributed by atoms with E-state index in [2.05, 4.69) is 4.98 Å². The van der Waals surface area contributed by atoms with E-state index >= 15 is 0 Å². The zero-order valence-corrected chi connectivity index (χ0v) is 9.93. The summed E-state index contributed by atoms with van der Waals surface area (Å²) in [5.74, 6) is -0.665. The largest absolute Gasteiger partial charge is 0.364 e. The van der Waals surface area contributed by atoms with Crippen LogP contribution in [0.5, 0.6) is 0 Å². The first-order valence-electron chi connectivity index (χ1n) is 4.09. The molecular weight excluding hydrogens is 238 g/mol. The van der Waals surface area contributed by atoms with Crippen molar-refractivity contribution in [3.63, 3.8) is 0 Å². The molecule has 1 aromatic rings. The summed E-state index contributed by atoms with van der Waals surface area (Å²) in [4.78, 5) is 14.6. The number of aromatic nitrogens is 1. The fourth-order valence-corrected chi connectivity index (χ4v) is 3.12. The van der Waals surface area contributed by atoms with Gasteiger partial charge in [-0.25, -0.2) is 17.7 Å². The van der Waals surface area contributed by atoms with Gasteiger partial charge in [-0.2, -0.15) is 0 Å². The van der Waals surface area contributed by atoms with Crippen LogP contribution in [0.15, 0.2) is 5.38 Å². The Morgan fingerprint density at radius 1 is 1.67 bits per heavy atom. The number of hydrogen-bond donors (Lipinski definition) is 1. The van der Waals surface area contributed by atoms with Crippen molar-refractivity contribution >= 4 is 32.4 Å². The molecule has 6 nitrogen and oxygen atoms in total. The molecule has 0 saturated carbocycles. The van der Waals surface area contributed by atoms with Gasteiger partial charge in [0.25, 0.3) is 5.91 Å². The zero-order chi connectivity index (χ0) is 11.6. The molecule has 84 valence electrons. The maximum Gasteiger partial charge on any atom is 0.268 e. The molecule has 0 fully saturated rings. The lowest BCUT2D eigenvalue weighted by molar-refractivity contribution is 0.0996. The molecule has 0 aliphatic rings. The maximum absolute atomic E-state index is 11.3. The molecule has 1 rings (SSSR count). The van der Waals surface area contributed by atoms with Crippen LogP contribution in [-0.2, 0) is 10.0 Å². The Balaban J connectivity index is 3.09. The Kier molecular flexibility index (Phi) is 3.30. The van der Waals surface area contributed by atoms with Crippen molar-refractivity contribution < 1.29 is 13.2 Å². The number of carbonyl (C=O) groups is 1. The fraction of sp³-hybridized carbons (Fsp3) is 0.429. The summed E-state index contributed by atoms with van der Waals surface area (Å²) in [7, 11) is -3.35. The first kappa shape index (κ1) is 11.9. The molecule has 1 aromatic heterocycles. The minimum atomic E-state index is -3.35. The highest BCUT2D eigenvalue weighted by atomic mass is 32.2. The van der Waals surface area contributed by atoms with Crippen LogP contribution in [0.2, 0.25) is 0 Å². The average molecular weight is 249 g/mol. The standard InChI is InChI=1S/C7H11N3O3S2/c1-3-10(15(2,12)13)7-9-5(4-14-7)6(8)11/h4H,3H2,1-2H3,(H2,8,11). The molecule has 1 amide bonds. The highest BCUT2D eigenvalue weighted by Gasteiger charge is 2.19. The molecule has 0 aliphatic carbocycles. The Bertz CT molecular complexity index is 466. The van der Waals surface area contributed by atoms with E-state index in [9.17, 15) is 13.2 Å². The number of nitrogens with two attached hydrogens (primary N) is 1. The molecule has 0 unspecified atom stereocenters. The topological polar surface area (TPSA) is 93.4 Å². The SMILES string of the molecule is CCN(c1nc(C(N)=O)cs1)S(C)(=O)=O. The molecule has 0 saturated heterocycles. The number of rotatable bonds is 4. The summed E-state index contributed by atoms with van der Waals surface area (Å²) in [5.41, 5.74) is 5.10. The molecule has 0 aliphatic heterocycles. The highest BCUT2D eigenvalue weighted by Crippen LogP contribution is 2.22. The third-order valence-electron chi connectivity index (χ3n) is 1.65. The first-order valence-corrected chi connectivity index (χ1v) is 6.82. The van der Waals surface area contributed by atoms with E-state index in [0.29, 0.717) is 0 Å². The molecule has 0 bridgehead atoms. The number of anilines is 1. The van der Waals surface area contributed by atoms with Crippen molar-refractivity contribution in [1.82, 2.24) is 4.98 Å². The predicted octanol–water partition coefficient (Wildman–Crippen LogP) is 0.0279. The second-order valence-electron chi connectivity index (χ2n) is 2.81. The molecule has 2 N–H and O–H groups in total. The van der Waals surface area contributed by atoms with Gasteiger partial charge in [-0.15, -0.1) is 11.3 Å². The van der Waals surface area contributed by atoms with Crippen LogP contribution in [0.1, 0.15) is 17.4 Å². The number of sulfonamides is 1. The second-order valence-corrected chi connectivity index (χ2v) is 5.55. The first-order chi connectivity index (χ1) is 6.86. The van der Waals surface area contributed by atoms with Crippen LogP contribution >= 0.6 is 11.3 Å². The summed E-state index contributed by atoms with van der Waals surface area (Å²) in [6.45, 7) is 1.96. The van der Waals surface area contributed by atoms with Gasteiger partial charge < -0.3 is 5.73 Å². The highest BCUT2D eigenvalue weighted by molar-refractivity contribution is 7.92. The van der Waals surface area contributed by atoms with Crippen molar-refractivity contribution in [2.24, 2.45) is 5.73 Å². The average Bonchev–Trinajstić information content (AvgIpc) is 2.51. The molecule has 8 heteroatoms. The number of thiazole rings is 1. The number of nitrogens with zero attached hydrogens (tertiary/aromatic N) is 2. The monoisotopic (exact) mass is 249 g/mol. The number of primary amides is 1. The number of hydrogen-bond acceptors (Lipinski definition) is 5. The minimum Gasteiger partial charge on any atom is -0.364 e. The molecule has 0 aromatic carbocycles. The Morgan fingerprint density at radius 2 is 2.27 bits per heavy atom. The van der Waals surface area contributed by atoms with Gasteiger partial charge in [0.05, 0.1) is 6.26 Å². The van der Waals surface area contributed by atoms with E-state index in [4.69, 9.17) is 5.73 Å². The number of carbonyl (C=O) groups excluding carboxylic acids is 1. The van der Waals surface area contributed by atoms with Gasteiger partial charge in [0.2, 0.25) is 10.0 Å². The van der Waals surface area contributed by atoms with Crippen LogP contribution in [0.25, 0.3) is 0 Å². The van der Waals surface area contributed by atoms with Crippen LogP contribution in [0, 0.1) is 0 Å². The summed E-state index contributed by atoms with van der Waals surface area (Å²) < 4.78 is 23.8. The molecule has 15 heavy (non-hydrogen) atoms. The third-order valence-corrected chi connectivity index (χ3v) is 3.86. The van der Waals surface area contributed by atoms with Gasteiger partial charge >= 0.3 is 0 Å². The van der Waals surface area contributed by atoms with Gasteiger partial charge in [-0.1, -0.05) is 0 Å². The summed E-state index contributed by atoms with van der Waals surface area (Å²) in [5, 5.41) is 1.69. The lowest BCUT2D eigenvalue weighted by Crippen LogP contribution is -2.29. The summed E-state index contributed by atoms with van der Waals surface area (Å²) in [6.07, 6.45) is 1.09. The van der Waals surface area contributed by atoms with Crippen molar-refractivity contribution in [2.45, 2.75) is 6.92 Å². The van der Waals surface area contributed by atoms with Crippen molar-refractivity contribution in [3.8, 4) is 0 Å². The molecule has 1 heterocycles. The lowest BCUT2D eigenvalue weighted by atomic mass is 10.5. The predicted molar refractivity (Wildman–Crippen MR) is 58.5 cm³/mol. The van der Waals surface area contributed by atoms with Gasteiger partial charge in [0.15, 0.2) is 5.13 Å².